The lowest BCUT2D eigenvalue weighted by Gasteiger charge is -2.23. The summed E-state index contributed by atoms with van der Waals surface area (Å²) in [5, 5.41) is 3.16. The summed E-state index contributed by atoms with van der Waals surface area (Å²) in [5.74, 6) is 1.01. The molecule has 0 aliphatic carbocycles. The maximum atomic E-state index is 5.60. The van der Waals surface area contributed by atoms with Crippen LogP contribution in [0.3, 0.4) is 0 Å². The van der Waals surface area contributed by atoms with Crippen LogP contribution in [0.5, 0.6) is 5.75 Å². The monoisotopic (exact) mass is 314 g/mol. The zero-order chi connectivity index (χ0) is 13.9. The minimum absolute atomic E-state index is 0.854. The average Bonchev–Trinajstić information content (AvgIpc) is 2.34. The highest BCUT2D eigenvalue weighted by atomic mass is 79.9. The van der Waals surface area contributed by atoms with Gasteiger partial charge < -0.3 is 10.1 Å². The number of hydrogen-bond acceptors (Lipinski definition) is 3. The van der Waals surface area contributed by atoms with E-state index in [4.69, 9.17) is 4.74 Å². The molecule has 1 aromatic rings. The van der Waals surface area contributed by atoms with E-state index in [9.17, 15) is 0 Å². The molecule has 0 heterocycles. The summed E-state index contributed by atoms with van der Waals surface area (Å²) in [5.41, 5.74) is 4.98. The van der Waals surface area contributed by atoms with Crippen molar-refractivity contribution < 1.29 is 4.74 Å². The van der Waals surface area contributed by atoms with Crippen molar-refractivity contribution in [3.8, 4) is 5.75 Å². The number of rotatable bonds is 5. The number of halogens is 1. The van der Waals surface area contributed by atoms with Crippen LogP contribution >= 0.6 is 15.9 Å². The van der Waals surface area contributed by atoms with Crippen molar-refractivity contribution in [2.45, 2.75) is 27.3 Å². The molecule has 102 valence electrons. The molecule has 0 spiro atoms. The highest BCUT2D eigenvalue weighted by Gasteiger charge is 2.17. The number of methoxy groups -OCH3 is 1. The van der Waals surface area contributed by atoms with Gasteiger partial charge in [0.15, 0.2) is 0 Å². The molecule has 0 radical (unpaired) electrons. The topological polar surface area (TPSA) is 24.5 Å². The number of nitrogens with one attached hydrogen (secondary N) is 1. The maximum Gasteiger partial charge on any atom is 0.126 e. The van der Waals surface area contributed by atoms with Gasteiger partial charge in [0.25, 0.3) is 0 Å². The second kappa shape index (κ2) is 6.55. The molecule has 18 heavy (non-hydrogen) atoms. The Morgan fingerprint density at radius 1 is 1.17 bits per heavy atom. The minimum atomic E-state index is 0.854. The summed E-state index contributed by atoms with van der Waals surface area (Å²) in [6.07, 6.45) is 0. The summed E-state index contributed by atoms with van der Waals surface area (Å²) >= 11 is 3.68. The van der Waals surface area contributed by atoms with Crippen LogP contribution in [-0.4, -0.2) is 32.8 Å². The molecule has 0 aliphatic rings. The number of ether oxygens (including phenoxy) is 1. The Kier molecular flexibility index (Phi) is 5.63. The Labute approximate surface area is 119 Å². The summed E-state index contributed by atoms with van der Waals surface area (Å²) in [6.45, 7) is 8.10. The quantitative estimate of drug-likeness (QED) is 0.846. The molecule has 1 N–H and O–H groups in total. The fraction of sp³-hybridized carbons (Fsp3) is 0.571. The van der Waals surface area contributed by atoms with Crippen LogP contribution in [0.15, 0.2) is 4.47 Å². The third-order valence-corrected chi connectivity index (χ3v) is 4.54. The first-order chi connectivity index (χ1) is 8.43. The molecule has 0 amide bonds. The lowest BCUT2D eigenvalue weighted by Crippen LogP contribution is -2.28. The van der Waals surface area contributed by atoms with Crippen molar-refractivity contribution in [3.63, 3.8) is 0 Å². The summed E-state index contributed by atoms with van der Waals surface area (Å²) in [7, 11) is 5.80. The van der Waals surface area contributed by atoms with E-state index in [1.54, 1.807) is 7.11 Å². The van der Waals surface area contributed by atoms with Gasteiger partial charge in [0, 0.05) is 23.2 Å². The second-order valence-electron chi connectivity index (χ2n) is 4.73. The molecule has 4 heteroatoms. The minimum Gasteiger partial charge on any atom is -0.496 e. The van der Waals surface area contributed by atoms with Gasteiger partial charge in [-0.25, -0.2) is 0 Å². The van der Waals surface area contributed by atoms with Gasteiger partial charge >= 0.3 is 0 Å². The average molecular weight is 315 g/mol. The van der Waals surface area contributed by atoms with Gasteiger partial charge in [-0.15, -0.1) is 0 Å². The van der Waals surface area contributed by atoms with E-state index in [0.717, 1.165) is 19.0 Å². The molecule has 3 nitrogen and oxygen atoms in total. The van der Waals surface area contributed by atoms with Crippen molar-refractivity contribution >= 4 is 15.9 Å². The molecule has 0 saturated heterocycles. The van der Waals surface area contributed by atoms with Crippen molar-refractivity contribution in [3.05, 3.63) is 26.7 Å². The summed E-state index contributed by atoms with van der Waals surface area (Å²) in [4.78, 5) is 2.23. The Balaban J connectivity index is 3.24. The predicted molar refractivity (Wildman–Crippen MR) is 80.3 cm³/mol. The van der Waals surface area contributed by atoms with Crippen molar-refractivity contribution in [2.75, 3.05) is 27.9 Å². The number of nitrogens with zero attached hydrogens (tertiary/aromatic N) is 1. The van der Waals surface area contributed by atoms with Crippen LogP contribution in [0.25, 0.3) is 0 Å². The van der Waals surface area contributed by atoms with Crippen molar-refractivity contribution in [1.29, 1.82) is 0 Å². The Bertz CT molecular complexity index is 433. The van der Waals surface area contributed by atoms with Crippen LogP contribution in [0.2, 0.25) is 0 Å². The van der Waals surface area contributed by atoms with Crippen LogP contribution in [-0.2, 0) is 6.54 Å². The molecule has 1 rings (SSSR count). The van der Waals surface area contributed by atoms with Gasteiger partial charge in [0.2, 0.25) is 0 Å². The first-order valence-corrected chi connectivity index (χ1v) is 6.88. The van der Waals surface area contributed by atoms with Crippen LogP contribution < -0.4 is 10.1 Å². The third-order valence-electron chi connectivity index (χ3n) is 3.35. The van der Waals surface area contributed by atoms with Gasteiger partial charge in [0.1, 0.15) is 5.75 Å². The molecule has 1 aromatic carbocycles. The molecule has 0 saturated carbocycles. The molecular formula is C14H23BrN2O. The standard InChI is InChI=1S/C14H23BrN2O/c1-9-10(2)14(18-6)12(11(3)13(9)15)7-17(5)8-16-4/h16H,7-8H2,1-6H3. The normalized spacial score (nSPS) is 11.1. The first-order valence-electron chi connectivity index (χ1n) is 6.09. The highest BCUT2D eigenvalue weighted by Crippen LogP contribution is 2.36. The van der Waals surface area contributed by atoms with Crippen molar-refractivity contribution in [1.82, 2.24) is 10.2 Å². The van der Waals surface area contributed by atoms with Gasteiger partial charge in [0.05, 0.1) is 7.11 Å². The zero-order valence-corrected chi connectivity index (χ0v) is 13.7. The lowest BCUT2D eigenvalue weighted by atomic mass is 9.98. The fourth-order valence-electron chi connectivity index (χ4n) is 2.21. The fourth-order valence-corrected chi connectivity index (χ4v) is 2.74. The van der Waals surface area contributed by atoms with Crippen LogP contribution in [0.4, 0.5) is 0 Å². The second-order valence-corrected chi connectivity index (χ2v) is 5.52. The van der Waals surface area contributed by atoms with Crippen molar-refractivity contribution in [2.24, 2.45) is 0 Å². The molecule has 0 aromatic heterocycles. The molecular weight excluding hydrogens is 292 g/mol. The SMILES string of the molecule is CNCN(C)Cc1c(C)c(Br)c(C)c(C)c1OC. The maximum absolute atomic E-state index is 5.60. The highest BCUT2D eigenvalue weighted by molar-refractivity contribution is 9.10. The first kappa shape index (κ1) is 15.5. The Morgan fingerprint density at radius 2 is 1.78 bits per heavy atom. The van der Waals surface area contributed by atoms with Gasteiger partial charge in [-0.05, 0) is 51.6 Å². The van der Waals surface area contributed by atoms with Gasteiger partial charge in [-0.3, -0.25) is 4.90 Å². The van der Waals surface area contributed by atoms with E-state index in [1.165, 1.54) is 26.7 Å². The van der Waals surface area contributed by atoms with Crippen LogP contribution in [0, 0.1) is 20.8 Å². The van der Waals surface area contributed by atoms with Crippen LogP contribution in [0.1, 0.15) is 22.3 Å². The smallest absolute Gasteiger partial charge is 0.126 e. The largest absolute Gasteiger partial charge is 0.496 e. The van der Waals surface area contributed by atoms with E-state index in [0.29, 0.717) is 0 Å². The molecule has 0 unspecified atom stereocenters. The third kappa shape index (κ3) is 3.05. The van der Waals surface area contributed by atoms with E-state index in [2.05, 4.69) is 54.0 Å². The van der Waals surface area contributed by atoms with E-state index in [1.807, 2.05) is 7.05 Å². The predicted octanol–water partition coefficient (Wildman–Crippen LogP) is 2.99. The number of hydrogen-bond donors (Lipinski definition) is 1. The Hall–Kier alpha value is -0.580. The van der Waals surface area contributed by atoms with E-state index in [-0.39, 0.29) is 0 Å². The lowest BCUT2D eigenvalue weighted by molar-refractivity contribution is 0.301. The molecule has 0 aliphatic heterocycles. The molecule has 0 fully saturated rings. The summed E-state index contributed by atoms with van der Waals surface area (Å²) < 4.78 is 6.79. The van der Waals surface area contributed by atoms with E-state index < -0.39 is 0 Å². The van der Waals surface area contributed by atoms with Gasteiger partial charge in [-0.1, -0.05) is 15.9 Å². The summed E-state index contributed by atoms with van der Waals surface area (Å²) in [6, 6.07) is 0. The zero-order valence-electron chi connectivity index (χ0n) is 12.1. The molecule has 0 bridgehead atoms. The van der Waals surface area contributed by atoms with E-state index >= 15 is 0 Å². The molecule has 0 atom stereocenters. The Morgan fingerprint density at radius 3 is 2.28 bits per heavy atom. The number of benzene rings is 1. The van der Waals surface area contributed by atoms with Gasteiger partial charge in [-0.2, -0.15) is 0 Å².